The number of nitrogen functional groups attached to an aromatic ring is 1. The minimum absolute atomic E-state index is 0.170. The maximum Gasteiger partial charge on any atom is 0.255 e. The summed E-state index contributed by atoms with van der Waals surface area (Å²) in [5.41, 5.74) is 8.80. The van der Waals surface area contributed by atoms with Crippen LogP contribution in [0.15, 0.2) is 46.9 Å². The van der Waals surface area contributed by atoms with Crippen LogP contribution in [0, 0.1) is 0 Å². The van der Waals surface area contributed by atoms with E-state index in [2.05, 4.69) is 26.1 Å². The average Bonchev–Trinajstić information content (AvgIpc) is 2.41. The number of nitrogens with zero attached hydrogens (tertiary/aromatic N) is 1. The van der Waals surface area contributed by atoms with Crippen LogP contribution in [-0.2, 0) is 6.54 Å². The first kappa shape index (κ1) is 15.5. The van der Waals surface area contributed by atoms with Gasteiger partial charge in [-0.3, -0.25) is 4.79 Å². The van der Waals surface area contributed by atoms with Gasteiger partial charge in [0.05, 0.1) is 0 Å². The Morgan fingerprint density at radius 1 is 1.24 bits per heavy atom. The predicted molar refractivity (Wildman–Crippen MR) is 90.3 cm³/mol. The Morgan fingerprint density at radius 2 is 2.00 bits per heavy atom. The molecule has 0 heterocycles. The van der Waals surface area contributed by atoms with E-state index in [-0.39, 0.29) is 5.91 Å². The third kappa shape index (κ3) is 4.31. The molecule has 2 aromatic carbocycles. The molecule has 0 saturated carbocycles. The van der Waals surface area contributed by atoms with E-state index in [0.717, 1.165) is 22.3 Å². The summed E-state index contributed by atoms with van der Waals surface area (Å²) < 4.78 is 0.784. The van der Waals surface area contributed by atoms with Gasteiger partial charge in [-0.25, -0.2) is 0 Å². The Hall–Kier alpha value is -1.85. The molecule has 0 bridgehead atoms. The molecule has 2 aromatic rings. The largest absolute Gasteiger partial charge is 0.398 e. The molecule has 2 rings (SSSR count). The van der Waals surface area contributed by atoms with Gasteiger partial charge >= 0.3 is 0 Å². The summed E-state index contributed by atoms with van der Waals surface area (Å²) in [6.45, 7) is 0.828. The molecule has 0 saturated heterocycles. The van der Waals surface area contributed by atoms with E-state index < -0.39 is 0 Å². The van der Waals surface area contributed by atoms with Crippen molar-refractivity contribution in [2.45, 2.75) is 6.54 Å². The molecule has 110 valence electrons. The Bertz CT molecular complexity index is 656. The van der Waals surface area contributed by atoms with E-state index >= 15 is 0 Å². The van der Waals surface area contributed by atoms with Gasteiger partial charge in [-0.15, -0.1) is 0 Å². The molecule has 0 fully saturated rings. The maximum absolute atomic E-state index is 12.2. The van der Waals surface area contributed by atoms with Crippen molar-refractivity contribution in [1.82, 2.24) is 4.90 Å². The van der Waals surface area contributed by atoms with Crippen molar-refractivity contribution in [3.05, 3.63) is 58.1 Å². The van der Waals surface area contributed by atoms with E-state index in [4.69, 9.17) is 5.73 Å². The van der Waals surface area contributed by atoms with Crippen LogP contribution in [0.5, 0.6) is 0 Å². The number of carbonyl (C=O) groups is 1. The van der Waals surface area contributed by atoms with Crippen LogP contribution in [0.3, 0.4) is 0 Å². The third-order valence-electron chi connectivity index (χ3n) is 2.94. The van der Waals surface area contributed by atoms with Crippen molar-refractivity contribution in [2.24, 2.45) is 0 Å². The molecule has 0 aliphatic carbocycles. The highest BCUT2D eigenvalue weighted by atomic mass is 79.9. The number of rotatable bonds is 4. The number of nitrogens with one attached hydrogen (secondary N) is 1. The molecular formula is C16H18BrN3O. The van der Waals surface area contributed by atoms with Gasteiger partial charge < -0.3 is 16.0 Å². The van der Waals surface area contributed by atoms with Gasteiger partial charge in [0.25, 0.3) is 5.91 Å². The minimum Gasteiger partial charge on any atom is -0.398 e. The van der Waals surface area contributed by atoms with Crippen molar-refractivity contribution in [3.8, 4) is 0 Å². The van der Waals surface area contributed by atoms with Crippen molar-refractivity contribution in [1.29, 1.82) is 0 Å². The average molecular weight is 348 g/mol. The van der Waals surface area contributed by atoms with Gasteiger partial charge in [0.1, 0.15) is 0 Å². The highest BCUT2D eigenvalue weighted by Gasteiger charge is 2.08. The first-order valence-electron chi connectivity index (χ1n) is 6.56. The number of amides is 1. The molecule has 21 heavy (non-hydrogen) atoms. The molecule has 1 amide bonds. The lowest BCUT2D eigenvalue weighted by Gasteiger charge is -2.11. The van der Waals surface area contributed by atoms with E-state index in [1.807, 2.05) is 38.4 Å². The summed E-state index contributed by atoms with van der Waals surface area (Å²) in [5, 5.41) is 2.89. The first-order valence-corrected chi connectivity index (χ1v) is 7.35. The number of nitrogens with two attached hydrogens (primary N) is 1. The lowest BCUT2D eigenvalue weighted by atomic mass is 10.1. The summed E-state index contributed by atoms with van der Waals surface area (Å²) in [5.74, 6) is -0.170. The summed E-state index contributed by atoms with van der Waals surface area (Å²) in [7, 11) is 4.02. The lowest BCUT2D eigenvalue weighted by molar-refractivity contribution is 0.102. The van der Waals surface area contributed by atoms with Crippen LogP contribution >= 0.6 is 15.9 Å². The number of hydrogen-bond donors (Lipinski definition) is 2. The van der Waals surface area contributed by atoms with Gasteiger partial charge in [-0.05, 0) is 65.9 Å². The summed E-state index contributed by atoms with van der Waals surface area (Å²) in [6, 6.07) is 13.0. The number of anilines is 2. The highest BCUT2D eigenvalue weighted by molar-refractivity contribution is 9.10. The molecule has 3 N–H and O–H groups in total. The van der Waals surface area contributed by atoms with E-state index in [0.29, 0.717) is 11.3 Å². The van der Waals surface area contributed by atoms with Crippen molar-refractivity contribution < 1.29 is 4.79 Å². The summed E-state index contributed by atoms with van der Waals surface area (Å²) >= 11 is 3.32. The highest BCUT2D eigenvalue weighted by Crippen LogP contribution is 2.21. The molecule has 0 radical (unpaired) electrons. The number of benzene rings is 2. The zero-order valence-electron chi connectivity index (χ0n) is 12.1. The maximum atomic E-state index is 12.2. The van der Waals surface area contributed by atoms with Crippen molar-refractivity contribution >= 4 is 33.2 Å². The van der Waals surface area contributed by atoms with Gasteiger partial charge in [-0.1, -0.05) is 12.1 Å². The lowest BCUT2D eigenvalue weighted by Crippen LogP contribution is -2.14. The van der Waals surface area contributed by atoms with Crippen molar-refractivity contribution in [2.75, 3.05) is 25.1 Å². The standard InChI is InChI=1S/C16H18BrN3O/c1-20(2)10-11-4-3-5-13(8-11)19-16(21)12-6-7-14(17)15(18)9-12/h3-9H,10,18H2,1-2H3,(H,19,21). The third-order valence-corrected chi connectivity index (χ3v) is 3.66. The molecule has 5 heteroatoms. The molecule has 0 aliphatic heterocycles. The Labute approximate surface area is 133 Å². The molecule has 0 spiro atoms. The predicted octanol–water partition coefficient (Wildman–Crippen LogP) is 3.35. The van der Waals surface area contributed by atoms with Gasteiger partial charge in [-0.2, -0.15) is 0 Å². The molecule has 0 atom stereocenters. The molecule has 4 nitrogen and oxygen atoms in total. The Morgan fingerprint density at radius 3 is 2.67 bits per heavy atom. The number of hydrogen-bond acceptors (Lipinski definition) is 3. The van der Waals surface area contributed by atoms with Crippen LogP contribution < -0.4 is 11.1 Å². The van der Waals surface area contributed by atoms with Gasteiger partial charge in [0.15, 0.2) is 0 Å². The molecular weight excluding hydrogens is 330 g/mol. The van der Waals surface area contributed by atoms with Gasteiger partial charge in [0.2, 0.25) is 0 Å². The molecule has 0 unspecified atom stereocenters. The topological polar surface area (TPSA) is 58.4 Å². The number of carbonyl (C=O) groups excluding carboxylic acids is 1. The Balaban J connectivity index is 2.13. The van der Waals surface area contributed by atoms with Crippen LogP contribution in [0.1, 0.15) is 15.9 Å². The van der Waals surface area contributed by atoms with E-state index in [1.54, 1.807) is 18.2 Å². The van der Waals surface area contributed by atoms with Crippen LogP contribution in [0.25, 0.3) is 0 Å². The van der Waals surface area contributed by atoms with Gasteiger partial charge in [0, 0.05) is 28.0 Å². The fourth-order valence-electron chi connectivity index (χ4n) is 2.00. The van der Waals surface area contributed by atoms with E-state index in [1.165, 1.54) is 0 Å². The summed E-state index contributed by atoms with van der Waals surface area (Å²) in [4.78, 5) is 14.3. The first-order chi connectivity index (χ1) is 9.95. The zero-order valence-corrected chi connectivity index (χ0v) is 13.6. The fourth-order valence-corrected chi connectivity index (χ4v) is 2.25. The smallest absolute Gasteiger partial charge is 0.255 e. The second-order valence-corrected chi connectivity index (χ2v) is 5.98. The fraction of sp³-hybridized carbons (Fsp3) is 0.188. The van der Waals surface area contributed by atoms with E-state index in [9.17, 15) is 4.79 Å². The monoisotopic (exact) mass is 347 g/mol. The molecule has 0 aliphatic rings. The summed E-state index contributed by atoms with van der Waals surface area (Å²) in [6.07, 6.45) is 0. The SMILES string of the molecule is CN(C)Cc1cccc(NC(=O)c2ccc(Br)c(N)c2)c1. The van der Waals surface area contributed by atoms with Crippen LogP contribution in [0.4, 0.5) is 11.4 Å². The van der Waals surface area contributed by atoms with Crippen LogP contribution in [0.2, 0.25) is 0 Å². The second kappa shape index (κ2) is 6.74. The quantitative estimate of drug-likeness (QED) is 0.833. The van der Waals surface area contributed by atoms with Crippen molar-refractivity contribution in [3.63, 3.8) is 0 Å². The minimum atomic E-state index is -0.170. The second-order valence-electron chi connectivity index (χ2n) is 5.13. The Kier molecular flexibility index (Phi) is 4.98. The van der Waals surface area contributed by atoms with Crippen LogP contribution in [-0.4, -0.2) is 24.9 Å². The molecule has 0 aromatic heterocycles. The zero-order chi connectivity index (χ0) is 15.4. The normalized spacial score (nSPS) is 10.7. The number of halogens is 1.